The molecule has 1 aromatic carbocycles. The molecule has 0 spiro atoms. The van der Waals surface area contributed by atoms with Crippen LogP contribution in [-0.2, 0) is 10.8 Å². The van der Waals surface area contributed by atoms with E-state index in [1.165, 1.54) is 42.5 Å². The number of rotatable bonds is 4. The normalized spacial score (nSPS) is 17.9. The van der Waals surface area contributed by atoms with Crippen molar-refractivity contribution in [3.05, 3.63) is 35.4 Å². The zero-order valence-electron chi connectivity index (χ0n) is 12.0. The smallest absolute Gasteiger partial charge is 0.211 e. The Balaban J connectivity index is 1.96. The lowest BCUT2D eigenvalue weighted by molar-refractivity contribution is 0.270. The minimum absolute atomic E-state index is 0.373. The van der Waals surface area contributed by atoms with Crippen LogP contribution in [0.5, 0.6) is 0 Å². The Morgan fingerprint density at radius 3 is 2.67 bits per heavy atom. The summed E-state index contributed by atoms with van der Waals surface area (Å²) >= 11 is 0. The van der Waals surface area contributed by atoms with Crippen molar-refractivity contribution in [3.63, 3.8) is 0 Å². The molecule has 18 heavy (non-hydrogen) atoms. The van der Waals surface area contributed by atoms with Crippen LogP contribution >= 0.6 is 0 Å². The molecule has 2 heteroatoms. The average Bonchev–Trinajstić information content (AvgIpc) is 2.32. The quantitative estimate of drug-likeness (QED) is 0.732. The van der Waals surface area contributed by atoms with Crippen molar-refractivity contribution in [2.24, 2.45) is 5.41 Å². The van der Waals surface area contributed by atoms with Crippen molar-refractivity contribution in [1.82, 2.24) is 0 Å². The first-order valence-corrected chi connectivity index (χ1v) is 8.91. The number of hydrogen-bond donors (Lipinski definition) is 0. The van der Waals surface area contributed by atoms with Gasteiger partial charge >= 0.3 is 0 Å². The van der Waals surface area contributed by atoms with Gasteiger partial charge in [0, 0.05) is 6.61 Å². The van der Waals surface area contributed by atoms with Gasteiger partial charge in [-0.3, -0.25) is 0 Å². The van der Waals surface area contributed by atoms with Crippen LogP contribution in [0.1, 0.15) is 37.8 Å². The van der Waals surface area contributed by atoms with Gasteiger partial charge in [0.25, 0.3) is 0 Å². The first-order valence-electron chi connectivity index (χ1n) is 7.09. The second kappa shape index (κ2) is 6.03. The van der Waals surface area contributed by atoms with Crippen LogP contribution < -0.4 is 0 Å². The van der Waals surface area contributed by atoms with Gasteiger partial charge in [0.1, 0.15) is 0 Å². The molecule has 0 amide bonds. The van der Waals surface area contributed by atoms with Gasteiger partial charge in [0.05, 0.1) is 0 Å². The first kappa shape index (κ1) is 13.8. The Morgan fingerprint density at radius 2 is 2.00 bits per heavy atom. The van der Waals surface area contributed by atoms with Crippen molar-refractivity contribution in [1.29, 1.82) is 0 Å². The number of hydrogen-bond acceptors (Lipinski definition) is 1. The zero-order valence-corrected chi connectivity index (χ0v) is 13.0. The van der Waals surface area contributed by atoms with Crippen LogP contribution in [0.15, 0.2) is 24.3 Å². The summed E-state index contributed by atoms with van der Waals surface area (Å²) in [5.74, 6) is 0. The van der Waals surface area contributed by atoms with E-state index in [1.807, 2.05) is 0 Å². The zero-order chi connectivity index (χ0) is 13.0. The third kappa shape index (κ3) is 3.96. The Morgan fingerprint density at radius 1 is 1.22 bits per heavy atom. The molecule has 1 aliphatic heterocycles. The second-order valence-corrected chi connectivity index (χ2v) is 8.51. The maximum absolute atomic E-state index is 5.98. The molecule has 0 N–H and O–H groups in total. The fourth-order valence-electron chi connectivity index (χ4n) is 2.77. The van der Waals surface area contributed by atoms with Gasteiger partial charge in [-0.2, -0.15) is 0 Å². The highest BCUT2D eigenvalue weighted by Gasteiger charge is 2.28. The van der Waals surface area contributed by atoms with E-state index in [4.69, 9.17) is 4.43 Å². The summed E-state index contributed by atoms with van der Waals surface area (Å²) in [6.07, 6.45) is 3.83. The van der Waals surface area contributed by atoms with Crippen LogP contribution in [0.3, 0.4) is 0 Å². The summed E-state index contributed by atoms with van der Waals surface area (Å²) in [5, 5.41) is 0. The molecular weight excluding hydrogens is 236 g/mol. The minimum atomic E-state index is -0.537. The lowest BCUT2D eigenvalue weighted by atomic mass is 9.86. The van der Waals surface area contributed by atoms with Crippen molar-refractivity contribution < 1.29 is 4.43 Å². The lowest BCUT2D eigenvalue weighted by Crippen LogP contribution is -2.30. The van der Waals surface area contributed by atoms with Crippen LogP contribution in [0.25, 0.3) is 0 Å². The second-order valence-electron chi connectivity index (χ2n) is 6.29. The molecule has 0 unspecified atom stereocenters. The minimum Gasteiger partial charge on any atom is -0.417 e. The third-order valence-corrected chi connectivity index (χ3v) is 6.64. The molecule has 0 atom stereocenters. The van der Waals surface area contributed by atoms with Crippen molar-refractivity contribution in [2.45, 2.75) is 52.1 Å². The molecule has 1 fully saturated rings. The average molecular weight is 261 g/mol. The summed E-state index contributed by atoms with van der Waals surface area (Å²) in [7, 11) is -0.537. The molecule has 1 heterocycles. The van der Waals surface area contributed by atoms with E-state index < -0.39 is 9.04 Å². The highest BCUT2D eigenvalue weighted by molar-refractivity contribution is 6.52. The highest BCUT2D eigenvalue weighted by atomic mass is 28.3. The molecule has 0 saturated carbocycles. The van der Waals surface area contributed by atoms with E-state index in [9.17, 15) is 0 Å². The molecule has 1 aliphatic rings. The Labute approximate surface area is 113 Å². The Kier molecular flexibility index (Phi) is 4.63. The van der Waals surface area contributed by atoms with Gasteiger partial charge in [-0.1, -0.05) is 44.5 Å². The molecule has 2 rings (SSSR count). The molecule has 99 valence electrons. The highest BCUT2D eigenvalue weighted by Crippen LogP contribution is 2.32. The van der Waals surface area contributed by atoms with Crippen LogP contribution in [0.4, 0.5) is 0 Å². The molecule has 1 saturated heterocycles. The predicted molar refractivity (Wildman–Crippen MR) is 79.2 cm³/mol. The summed E-state index contributed by atoms with van der Waals surface area (Å²) in [6.45, 7) is 8.02. The summed E-state index contributed by atoms with van der Waals surface area (Å²) in [5.41, 5.74) is 3.30. The van der Waals surface area contributed by atoms with Gasteiger partial charge in [-0.05, 0) is 48.4 Å². The van der Waals surface area contributed by atoms with Gasteiger partial charge in [0.2, 0.25) is 9.04 Å². The number of benzene rings is 1. The van der Waals surface area contributed by atoms with E-state index in [1.54, 1.807) is 0 Å². The van der Waals surface area contributed by atoms with E-state index in [0.717, 1.165) is 6.61 Å². The van der Waals surface area contributed by atoms with Gasteiger partial charge in [-0.25, -0.2) is 0 Å². The van der Waals surface area contributed by atoms with E-state index >= 15 is 0 Å². The van der Waals surface area contributed by atoms with Crippen molar-refractivity contribution >= 4 is 9.04 Å². The summed E-state index contributed by atoms with van der Waals surface area (Å²) in [6, 6.07) is 11.4. The standard InChI is InChI=1S/C16H25OSi/c1-14-8-4-5-9-15(14)12-16(2,3)13-18-11-7-6-10-17-18/h4-5,8-9H,6-7,10-13H2,1-3H3. The molecule has 0 bridgehead atoms. The summed E-state index contributed by atoms with van der Waals surface area (Å²) in [4.78, 5) is 0. The van der Waals surface area contributed by atoms with Crippen molar-refractivity contribution in [2.75, 3.05) is 6.61 Å². The first-order chi connectivity index (χ1) is 8.57. The SMILES string of the molecule is Cc1ccccc1CC(C)(C)C[Si]1CCCCO1. The van der Waals surface area contributed by atoms with E-state index in [0.29, 0.717) is 5.41 Å². The van der Waals surface area contributed by atoms with E-state index in [2.05, 4.69) is 45.0 Å². The molecule has 1 nitrogen and oxygen atoms in total. The molecular formula is C16H25OSi. The van der Waals surface area contributed by atoms with Crippen molar-refractivity contribution in [3.8, 4) is 0 Å². The number of aryl methyl sites for hydroxylation is 1. The summed E-state index contributed by atoms with van der Waals surface area (Å²) < 4.78 is 5.98. The Bertz CT molecular complexity index is 380. The van der Waals surface area contributed by atoms with Gasteiger partial charge in [0.15, 0.2) is 0 Å². The van der Waals surface area contributed by atoms with Crippen LogP contribution in [0.2, 0.25) is 12.1 Å². The van der Waals surface area contributed by atoms with Gasteiger partial charge in [-0.15, -0.1) is 0 Å². The van der Waals surface area contributed by atoms with E-state index in [-0.39, 0.29) is 0 Å². The van der Waals surface area contributed by atoms with Crippen LogP contribution in [-0.4, -0.2) is 15.6 Å². The van der Waals surface area contributed by atoms with Crippen LogP contribution in [0, 0.1) is 12.3 Å². The Hall–Kier alpha value is -0.603. The molecule has 0 aliphatic carbocycles. The topological polar surface area (TPSA) is 9.23 Å². The maximum Gasteiger partial charge on any atom is 0.211 e. The molecule has 1 aromatic rings. The third-order valence-electron chi connectivity index (χ3n) is 3.76. The molecule has 1 radical (unpaired) electrons. The fraction of sp³-hybridized carbons (Fsp3) is 0.625. The fourth-order valence-corrected chi connectivity index (χ4v) is 5.47. The largest absolute Gasteiger partial charge is 0.417 e. The maximum atomic E-state index is 5.98. The molecule has 0 aromatic heterocycles. The van der Waals surface area contributed by atoms with Gasteiger partial charge < -0.3 is 4.43 Å². The monoisotopic (exact) mass is 261 g/mol. The lowest BCUT2D eigenvalue weighted by Gasteiger charge is -2.31. The predicted octanol–water partition coefficient (Wildman–Crippen LogP) is 4.37.